The number of nitrogens with zero attached hydrogens (tertiary/aromatic N) is 2. The van der Waals surface area contributed by atoms with Gasteiger partial charge in [-0.1, -0.05) is 18.2 Å². The third-order valence-electron chi connectivity index (χ3n) is 4.44. The molecule has 1 aliphatic heterocycles. The first kappa shape index (κ1) is 15.7. The number of hydrogen-bond donors (Lipinski definition) is 1. The van der Waals surface area contributed by atoms with Crippen LogP contribution in [-0.4, -0.2) is 40.1 Å². The highest BCUT2D eigenvalue weighted by molar-refractivity contribution is 5.95. The van der Waals surface area contributed by atoms with Crippen molar-refractivity contribution in [2.45, 2.75) is 32.8 Å². The van der Waals surface area contributed by atoms with Crippen LogP contribution in [-0.2, 0) is 0 Å². The summed E-state index contributed by atoms with van der Waals surface area (Å²) < 4.78 is 0. The number of likely N-dealkylation sites (tertiary alicyclic amines) is 1. The molecule has 1 atom stereocenters. The molecule has 1 aromatic heterocycles. The van der Waals surface area contributed by atoms with Crippen molar-refractivity contribution in [2.75, 3.05) is 13.1 Å². The van der Waals surface area contributed by atoms with Gasteiger partial charge in [-0.3, -0.25) is 9.78 Å². The molecule has 0 spiro atoms. The number of amides is 1. The summed E-state index contributed by atoms with van der Waals surface area (Å²) in [5, 5.41) is 9.76. The van der Waals surface area contributed by atoms with E-state index in [-0.39, 0.29) is 5.91 Å². The van der Waals surface area contributed by atoms with E-state index in [9.17, 15) is 9.90 Å². The maximum Gasteiger partial charge on any atom is 0.253 e. The monoisotopic (exact) mass is 310 g/mol. The topological polar surface area (TPSA) is 53.4 Å². The van der Waals surface area contributed by atoms with Crippen LogP contribution in [0.2, 0.25) is 0 Å². The first-order valence-corrected chi connectivity index (χ1v) is 8.06. The van der Waals surface area contributed by atoms with Gasteiger partial charge in [0.15, 0.2) is 0 Å². The Bertz CT molecular complexity index is 727. The number of rotatable bonds is 2. The second-order valence-corrected chi connectivity index (χ2v) is 6.23. The quantitative estimate of drug-likeness (QED) is 0.928. The van der Waals surface area contributed by atoms with Gasteiger partial charge in [0.25, 0.3) is 5.91 Å². The van der Waals surface area contributed by atoms with Crippen LogP contribution >= 0.6 is 0 Å². The van der Waals surface area contributed by atoms with Crippen LogP contribution in [0.15, 0.2) is 36.4 Å². The Balaban J connectivity index is 1.87. The van der Waals surface area contributed by atoms with Gasteiger partial charge in [0.05, 0.1) is 11.8 Å². The summed E-state index contributed by atoms with van der Waals surface area (Å²) in [6, 6.07) is 11.6. The molecule has 1 N–H and O–H groups in total. The summed E-state index contributed by atoms with van der Waals surface area (Å²) in [6.45, 7) is 5.16. The molecule has 1 aliphatic rings. The summed E-state index contributed by atoms with van der Waals surface area (Å²) in [5.74, 6) is -0.0190. The number of β-amino-alcohol motifs (C(OH)–C–C–N with tert-alkyl or cyclic N) is 1. The van der Waals surface area contributed by atoms with Crippen molar-refractivity contribution in [3.05, 3.63) is 53.2 Å². The summed E-state index contributed by atoms with van der Waals surface area (Å²) in [7, 11) is 0. The van der Waals surface area contributed by atoms with Gasteiger partial charge in [-0.05, 0) is 50.5 Å². The van der Waals surface area contributed by atoms with Crippen molar-refractivity contribution in [3.8, 4) is 11.3 Å². The van der Waals surface area contributed by atoms with Gasteiger partial charge in [0, 0.05) is 29.9 Å². The van der Waals surface area contributed by atoms with E-state index < -0.39 is 6.10 Å². The zero-order chi connectivity index (χ0) is 16.4. The molecule has 0 radical (unpaired) electrons. The highest BCUT2D eigenvalue weighted by Crippen LogP contribution is 2.21. The highest BCUT2D eigenvalue weighted by atomic mass is 16.3. The van der Waals surface area contributed by atoms with E-state index in [1.54, 1.807) is 4.90 Å². The first-order chi connectivity index (χ1) is 11.0. The van der Waals surface area contributed by atoms with Crippen molar-refractivity contribution in [3.63, 3.8) is 0 Å². The minimum Gasteiger partial charge on any atom is -0.391 e. The molecule has 1 aromatic carbocycles. The molecule has 2 aromatic rings. The molecule has 0 aliphatic carbocycles. The number of aliphatic hydroxyl groups is 1. The molecule has 2 heterocycles. The molecule has 4 nitrogen and oxygen atoms in total. The van der Waals surface area contributed by atoms with Gasteiger partial charge in [-0.15, -0.1) is 0 Å². The molecule has 0 unspecified atom stereocenters. The van der Waals surface area contributed by atoms with Crippen LogP contribution in [0.5, 0.6) is 0 Å². The largest absolute Gasteiger partial charge is 0.391 e. The minimum atomic E-state index is -0.405. The number of aliphatic hydroxyl groups excluding tert-OH is 1. The van der Waals surface area contributed by atoms with E-state index >= 15 is 0 Å². The van der Waals surface area contributed by atoms with Crippen molar-refractivity contribution in [1.29, 1.82) is 0 Å². The third kappa shape index (κ3) is 3.42. The maximum absolute atomic E-state index is 12.6. The predicted octanol–water partition coefficient (Wildman–Crippen LogP) is 2.96. The van der Waals surface area contributed by atoms with E-state index in [1.165, 1.54) is 0 Å². The molecule has 3 rings (SSSR count). The molecule has 1 fully saturated rings. The number of aryl methyl sites for hydroxylation is 2. The molecule has 1 amide bonds. The van der Waals surface area contributed by atoms with Crippen LogP contribution in [0.25, 0.3) is 11.3 Å². The molecular formula is C19H22N2O2. The van der Waals surface area contributed by atoms with Crippen molar-refractivity contribution in [2.24, 2.45) is 0 Å². The normalized spacial score (nSPS) is 18.0. The van der Waals surface area contributed by atoms with Crippen LogP contribution in [0.4, 0.5) is 0 Å². The molecular weight excluding hydrogens is 288 g/mol. The van der Waals surface area contributed by atoms with Crippen molar-refractivity contribution < 1.29 is 9.90 Å². The number of carbonyl (C=O) groups is 1. The lowest BCUT2D eigenvalue weighted by Gasteiger charge is -2.30. The van der Waals surface area contributed by atoms with E-state index in [0.29, 0.717) is 18.7 Å². The van der Waals surface area contributed by atoms with Gasteiger partial charge in [0.2, 0.25) is 0 Å². The average Bonchev–Trinajstić information content (AvgIpc) is 2.57. The fourth-order valence-electron chi connectivity index (χ4n) is 2.92. The molecule has 0 bridgehead atoms. The first-order valence-electron chi connectivity index (χ1n) is 8.06. The molecule has 23 heavy (non-hydrogen) atoms. The average molecular weight is 310 g/mol. The Morgan fingerprint density at radius 2 is 2.09 bits per heavy atom. The maximum atomic E-state index is 12.6. The molecule has 0 saturated carbocycles. The molecule has 1 saturated heterocycles. The summed E-state index contributed by atoms with van der Waals surface area (Å²) in [6.07, 6.45) is 1.22. The number of aromatic nitrogens is 1. The van der Waals surface area contributed by atoms with Crippen LogP contribution in [0, 0.1) is 13.8 Å². The Hall–Kier alpha value is -2.20. The van der Waals surface area contributed by atoms with Gasteiger partial charge < -0.3 is 10.0 Å². The lowest BCUT2D eigenvalue weighted by atomic mass is 10.0. The standard InChI is InChI=1S/C19H22N2O2/c1-13-8-9-18(20-14(13)2)15-5-3-6-16(11-15)19(23)21-10-4-7-17(22)12-21/h3,5-6,8-9,11,17,22H,4,7,10,12H2,1-2H3/t17-/m1/s1. The predicted molar refractivity (Wildman–Crippen MR) is 90.3 cm³/mol. The van der Waals surface area contributed by atoms with Crippen LogP contribution < -0.4 is 0 Å². The highest BCUT2D eigenvalue weighted by Gasteiger charge is 2.23. The Labute approximate surface area is 136 Å². The summed E-state index contributed by atoms with van der Waals surface area (Å²) in [5.41, 5.74) is 4.62. The van der Waals surface area contributed by atoms with E-state index in [2.05, 4.69) is 4.98 Å². The Morgan fingerprint density at radius 3 is 2.83 bits per heavy atom. The second kappa shape index (κ2) is 6.50. The Morgan fingerprint density at radius 1 is 1.26 bits per heavy atom. The van der Waals surface area contributed by atoms with E-state index in [1.807, 2.05) is 50.2 Å². The zero-order valence-electron chi connectivity index (χ0n) is 13.6. The van der Waals surface area contributed by atoms with Gasteiger partial charge in [0.1, 0.15) is 0 Å². The van der Waals surface area contributed by atoms with Gasteiger partial charge in [-0.25, -0.2) is 0 Å². The summed E-state index contributed by atoms with van der Waals surface area (Å²) in [4.78, 5) is 19.0. The van der Waals surface area contributed by atoms with E-state index in [4.69, 9.17) is 0 Å². The fourth-order valence-corrected chi connectivity index (χ4v) is 2.92. The number of piperidine rings is 1. The Kier molecular flexibility index (Phi) is 4.44. The third-order valence-corrected chi connectivity index (χ3v) is 4.44. The zero-order valence-corrected chi connectivity index (χ0v) is 13.6. The number of pyridine rings is 1. The lowest BCUT2D eigenvalue weighted by Crippen LogP contribution is -2.42. The smallest absolute Gasteiger partial charge is 0.253 e. The second-order valence-electron chi connectivity index (χ2n) is 6.23. The van der Waals surface area contributed by atoms with E-state index in [0.717, 1.165) is 35.4 Å². The van der Waals surface area contributed by atoms with Crippen LogP contribution in [0.3, 0.4) is 0 Å². The molecule has 120 valence electrons. The number of benzene rings is 1. The SMILES string of the molecule is Cc1ccc(-c2cccc(C(=O)N3CCC[C@@H](O)C3)c2)nc1C. The fraction of sp³-hybridized carbons (Fsp3) is 0.368. The van der Waals surface area contributed by atoms with Gasteiger partial charge in [-0.2, -0.15) is 0 Å². The molecule has 4 heteroatoms. The van der Waals surface area contributed by atoms with Crippen molar-refractivity contribution in [1.82, 2.24) is 9.88 Å². The van der Waals surface area contributed by atoms with Gasteiger partial charge >= 0.3 is 0 Å². The van der Waals surface area contributed by atoms with Crippen molar-refractivity contribution >= 4 is 5.91 Å². The number of hydrogen-bond acceptors (Lipinski definition) is 3. The minimum absolute atomic E-state index is 0.0190. The number of carbonyl (C=O) groups excluding carboxylic acids is 1. The summed E-state index contributed by atoms with van der Waals surface area (Å²) >= 11 is 0. The lowest BCUT2D eigenvalue weighted by molar-refractivity contribution is 0.0474. The van der Waals surface area contributed by atoms with Crippen LogP contribution in [0.1, 0.15) is 34.5 Å².